The van der Waals surface area contributed by atoms with E-state index in [0.717, 1.165) is 5.56 Å². The zero-order valence-corrected chi connectivity index (χ0v) is 10.9. The van der Waals surface area contributed by atoms with E-state index >= 15 is 0 Å². The van der Waals surface area contributed by atoms with Gasteiger partial charge in [0, 0.05) is 19.5 Å². The summed E-state index contributed by atoms with van der Waals surface area (Å²) in [6, 6.07) is 5.86. The SMILES string of the molecule is CCCC(=O)N(CCC(=O)O)Cc1ccc(F)cc1. The maximum absolute atomic E-state index is 12.8. The van der Waals surface area contributed by atoms with Crippen molar-refractivity contribution in [2.45, 2.75) is 32.7 Å². The van der Waals surface area contributed by atoms with Crippen LogP contribution in [0.3, 0.4) is 0 Å². The lowest BCUT2D eigenvalue weighted by Crippen LogP contribution is -2.32. The molecule has 0 heterocycles. The van der Waals surface area contributed by atoms with Crippen molar-refractivity contribution < 1.29 is 19.1 Å². The van der Waals surface area contributed by atoms with Crippen LogP contribution in [0.1, 0.15) is 31.7 Å². The number of hydrogen-bond donors (Lipinski definition) is 1. The van der Waals surface area contributed by atoms with Gasteiger partial charge >= 0.3 is 5.97 Å². The zero-order valence-electron chi connectivity index (χ0n) is 10.9. The van der Waals surface area contributed by atoms with Gasteiger partial charge in [-0.1, -0.05) is 19.1 Å². The van der Waals surface area contributed by atoms with E-state index in [1.54, 1.807) is 12.1 Å². The molecule has 19 heavy (non-hydrogen) atoms. The summed E-state index contributed by atoms with van der Waals surface area (Å²) in [7, 11) is 0. The molecule has 0 spiro atoms. The third-order valence-electron chi connectivity index (χ3n) is 2.70. The molecular formula is C14H18FNO3. The molecule has 0 aliphatic heterocycles. The predicted molar refractivity (Wildman–Crippen MR) is 69.0 cm³/mol. The third-order valence-corrected chi connectivity index (χ3v) is 2.70. The summed E-state index contributed by atoms with van der Waals surface area (Å²) in [6.07, 6.45) is 1.02. The summed E-state index contributed by atoms with van der Waals surface area (Å²) in [6.45, 7) is 2.38. The first-order valence-corrected chi connectivity index (χ1v) is 6.27. The quantitative estimate of drug-likeness (QED) is 0.825. The lowest BCUT2D eigenvalue weighted by Gasteiger charge is -2.22. The maximum atomic E-state index is 12.8. The largest absolute Gasteiger partial charge is 0.481 e. The van der Waals surface area contributed by atoms with Gasteiger partial charge < -0.3 is 10.0 Å². The van der Waals surface area contributed by atoms with Crippen LogP contribution in [0.25, 0.3) is 0 Å². The maximum Gasteiger partial charge on any atom is 0.305 e. The van der Waals surface area contributed by atoms with E-state index in [9.17, 15) is 14.0 Å². The number of halogens is 1. The molecule has 104 valence electrons. The van der Waals surface area contributed by atoms with Crippen LogP contribution in [-0.4, -0.2) is 28.4 Å². The van der Waals surface area contributed by atoms with Crippen LogP contribution in [0.15, 0.2) is 24.3 Å². The van der Waals surface area contributed by atoms with E-state index in [0.29, 0.717) is 19.4 Å². The Hall–Kier alpha value is -1.91. The monoisotopic (exact) mass is 267 g/mol. The second-order valence-electron chi connectivity index (χ2n) is 4.34. The van der Waals surface area contributed by atoms with Crippen LogP contribution in [0.5, 0.6) is 0 Å². The van der Waals surface area contributed by atoms with Crippen LogP contribution in [-0.2, 0) is 16.1 Å². The van der Waals surface area contributed by atoms with Crippen molar-refractivity contribution in [3.05, 3.63) is 35.6 Å². The van der Waals surface area contributed by atoms with Gasteiger partial charge in [0.25, 0.3) is 0 Å². The first kappa shape index (κ1) is 15.1. The van der Waals surface area contributed by atoms with Gasteiger partial charge in [-0.2, -0.15) is 0 Å². The molecule has 1 aromatic carbocycles. The molecular weight excluding hydrogens is 249 g/mol. The summed E-state index contributed by atoms with van der Waals surface area (Å²) in [5, 5.41) is 8.69. The molecule has 0 unspecified atom stereocenters. The molecule has 0 radical (unpaired) electrons. The van der Waals surface area contributed by atoms with Crippen molar-refractivity contribution in [1.29, 1.82) is 0 Å². The first-order valence-electron chi connectivity index (χ1n) is 6.27. The topological polar surface area (TPSA) is 57.6 Å². The molecule has 0 aliphatic rings. The second kappa shape index (κ2) is 7.51. The lowest BCUT2D eigenvalue weighted by atomic mass is 10.2. The van der Waals surface area contributed by atoms with E-state index in [4.69, 9.17) is 5.11 Å². The number of amides is 1. The number of carbonyl (C=O) groups is 2. The molecule has 0 fully saturated rings. The Morgan fingerprint density at radius 3 is 2.37 bits per heavy atom. The average Bonchev–Trinajstić information content (AvgIpc) is 2.36. The molecule has 0 bridgehead atoms. The van der Waals surface area contributed by atoms with Crippen molar-refractivity contribution >= 4 is 11.9 Å². The Labute approximate surface area is 111 Å². The summed E-state index contributed by atoms with van der Waals surface area (Å²) in [5.74, 6) is -1.35. The summed E-state index contributed by atoms with van der Waals surface area (Å²) in [4.78, 5) is 24.0. The minimum atomic E-state index is -0.937. The van der Waals surface area contributed by atoms with Gasteiger partial charge in [0.2, 0.25) is 5.91 Å². The minimum absolute atomic E-state index is 0.0759. The number of carboxylic acid groups (broad SMARTS) is 1. The molecule has 0 aliphatic carbocycles. The number of nitrogens with zero attached hydrogens (tertiary/aromatic N) is 1. The summed E-state index contributed by atoms with van der Waals surface area (Å²) in [5.41, 5.74) is 0.788. The zero-order chi connectivity index (χ0) is 14.3. The Balaban J connectivity index is 2.69. The van der Waals surface area contributed by atoms with Crippen molar-refractivity contribution in [2.75, 3.05) is 6.54 Å². The van der Waals surface area contributed by atoms with E-state index in [2.05, 4.69) is 0 Å². The van der Waals surface area contributed by atoms with E-state index < -0.39 is 5.97 Å². The van der Waals surface area contributed by atoms with E-state index in [1.165, 1.54) is 17.0 Å². The van der Waals surface area contributed by atoms with Crippen LogP contribution >= 0.6 is 0 Å². The molecule has 0 saturated heterocycles. The van der Waals surface area contributed by atoms with Crippen molar-refractivity contribution in [3.63, 3.8) is 0 Å². The van der Waals surface area contributed by atoms with Crippen LogP contribution in [0, 0.1) is 5.82 Å². The normalized spacial score (nSPS) is 10.2. The number of aliphatic carboxylic acids is 1. The minimum Gasteiger partial charge on any atom is -0.481 e. The number of carboxylic acids is 1. The summed E-state index contributed by atoms with van der Waals surface area (Å²) < 4.78 is 12.8. The molecule has 1 aromatic rings. The summed E-state index contributed by atoms with van der Waals surface area (Å²) >= 11 is 0. The van der Waals surface area contributed by atoms with Crippen molar-refractivity contribution in [3.8, 4) is 0 Å². The predicted octanol–water partition coefficient (Wildman–Crippen LogP) is 2.43. The van der Waals surface area contributed by atoms with Gasteiger partial charge in [0.05, 0.1) is 6.42 Å². The molecule has 1 rings (SSSR count). The van der Waals surface area contributed by atoms with E-state index in [1.807, 2.05) is 6.92 Å². The Kier molecular flexibility index (Phi) is 5.99. The molecule has 1 amide bonds. The van der Waals surface area contributed by atoms with Gasteiger partial charge in [0.15, 0.2) is 0 Å². The number of rotatable bonds is 7. The highest BCUT2D eigenvalue weighted by Gasteiger charge is 2.14. The fourth-order valence-corrected chi connectivity index (χ4v) is 1.70. The highest BCUT2D eigenvalue weighted by molar-refractivity contribution is 5.77. The molecule has 0 aromatic heterocycles. The Morgan fingerprint density at radius 2 is 1.84 bits per heavy atom. The van der Waals surface area contributed by atoms with Crippen LogP contribution in [0.2, 0.25) is 0 Å². The molecule has 4 nitrogen and oxygen atoms in total. The smallest absolute Gasteiger partial charge is 0.305 e. The Morgan fingerprint density at radius 1 is 1.21 bits per heavy atom. The van der Waals surface area contributed by atoms with E-state index in [-0.39, 0.29) is 24.7 Å². The average molecular weight is 267 g/mol. The molecule has 1 N–H and O–H groups in total. The highest BCUT2D eigenvalue weighted by atomic mass is 19.1. The molecule has 5 heteroatoms. The van der Waals surface area contributed by atoms with Gasteiger partial charge in [-0.3, -0.25) is 9.59 Å². The number of benzene rings is 1. The van der Waals surface area contributed by atoms with Gasteiger partial charge in [-0.15, -0.1) is 0 Å². The number of carbonyl (C=O) groups excluding carboxylic acids is 1. The third kappa shape index (κ3) is 5.50. The highest BCUT2D eigenvalue weighted by Crippen LogP contribution is 2.09. The van der Waals surface area contributed by atoms with Crippen LogP contribution in [0.4, 0.5) is 4.39 Å². The Bertz CT molecular complexity index is 431. The molecule has 0 atom stereocenters. The van der Waals surface area contributed by atoms with Crippen molar-refractivity contribution in [2.24, 2.45) is 0 Å². The van der Waals surface area contributed by atoms with Gasteiger partial charge in [0.1, 0.15) is 5.82 Å². The second-order valence-corrected chi connectivity index (χ2v) is 4.34. The molecule has 0 saturated carbocycles. The number of hydrogen-bond acceptors (Lipinski definition) is 2. The fraction of sp³-hybridized carbons (Fsp3) is 0.429. The fourth-order valence-electron chi connectivity index (χ4n) is 1.70. The van der Waals surface area contributed by atoms with Crippen molar-refractivity contribution in [1.82, 2.24) is 4.90 Å². The standard InChI is InChI=1S/C14H18FNO3/c1-2-3-13(17)16(9-8-14(18)19)10-11-4-6-12(15)7-5-11/h4-7H,2-3,8-10H2,1H3,(H,18,19). The lowest BCUT2D eigenvalue weighted by molar-refractivity contribution is -0.138. The van der Waals surface area contributed by atoms with Gasteiger partial charge in [-0.25, -0.2) is 4.39 Å². The van der Waals surface area contributed by atoms with Crippen LogP contribution < -0.4 is 0 Å². The van der Waals surface area contributed by atoms with Gasteiger partial charge in [-0.05, 0) is 24.1 Å². The first-order chi connectivity index (χ1) is 9.02.